The molecule has 0 aliphatic heterocycles. The van der Waals surface area contributed by atoms with Crippen molar-refractivity contribution in [1.82, 2.24) is 9.38 Å². The molecule has 0 radical (unpaired) electrons. The molecule has 106 valence electrons. The molecule has 0 spiro atoms. The Hall–Kier alpha value is -2.82. The first-order chi connectivity index (χ1) is 10.0. The van der Waals surface area contributed by atoms with Crippen LogP contribution in [0.4, 0.5) is 5.69 Å². The van der Waals surface area contributed by atoms with Crippen LogP contribution in [0.15, 0.2) is 48.8 Å². The number of hydrogen-bond acceptors (Lipinski definition) is 3. The third kappa shape index (κ3) is 2.45. The van der Waals surface area contributed by atoms with Crippen LogP contribution in [0.25, 0.3) is 16.8 Å². The van der Waals surface area contributed by atoms with Crippen molar-refractivity contribution >= 4 is 17.3 Å². The fourth-order valence-electron chi connectivity index (χ4n) is 2.22. The molecule has 0 aliphatic rings. The van der Waals surface area contributed by atoms with E-state index in [4.69, 9.17) is 5.11 Å². The summed E-state index contributed by atoms with van der Waals surface area (Å²) in [6, 6.07) is 12.0. The second-order valence-electron chi connectivity index (χ2n) is 5.06. The molecule has 3 rings (SSSR count). The number of carboxylic acids is 1. The largest absolute Gasteiger partial charge is 0.476 e. The van der Waals surface area contributed by atoms with Gasteiger partial charge in [0, 0.05) is 32.2 Å². The smallest absolute Gasteiger partial charge is 0.356 e. The first kappa shape index (κ1) is 13.2. The Kier molecular flexibility index (Phi) is 3.10. The van der Waals surface area contributed by atoms with Crippen LogP contribution < -0.4 is 4.90 Å². The first-order valence-electron chi connectivity index (χ1n) is 6.54. The lowest BCUT2D eigenvalue weighted by Crippen LogP contribution is -2.07. The van der Waals surface area contributed by atoms with Gasteiger partial charge in [0.05, 0.1) is 0 Å². The quantitative estimate of drug-likeness (QED) is 0.802. The van der Waals surface area contributed by atoms with Gasteiger partial charge in [0.2, 0.25) is 0 Å². The molecule has 2 aromatic heterocycles. The lowest BCUT2D eigenvalue weighted by atomic mass is 10.1. The van der Waals surface area contributed by atoms with Crippen LogP contribution in [-0.2, 0) is 0 Å². The topological polar surface area (TPSA) is 57.8 Å². The number of rotatable bonds is 3. The van der Waals surface area contributed by atoms with Gasteiger partial charge in [0.25, 0.3) is 0 Å². The Morgan fingerprint density at radius 3 is 2.33 bits per heavy atom. The number of aromatic carboxylic acids is 1. The molecule has 1 aromatic carbocycles. The predicted octanol–water partition coefficient (Wildman–Crippen LogP) is 2.77. The third-order valence-electron chi connectivity index (χ3n) is 3.39. The number of fused-ring (bicyclic) bond motifs is 1. The molecular formula is C16H15N3O2. The average molecular weight is 281 g/mol. The maximum atomic E-state index is 10.9. The second-order valence-corrected chi connectivity index (χ2v) is 5.06. The highest BCUT2D eigenvalue weighted by Gasteiger charge is 2.09. The molecule has 0 unspecified atom stereocenters. The van der Waals surface area contributed by atoms with Crippen LogP contribution >= 0.6 is 0 Å². The number of nitrogens with zero attached hydrogens (tertiary/aromatic N) is 3. The molecule has 0 atom stereocenters. The zero-order valence-corrected chi connectivity index (χ0v) is 11.8. The fourth-order valence-corrected chi connectivity index (χ4v) is 2.22. The van der Waals surface area contributed by atoms with Crippen LogP contribution in [0, 0.1) is 0 Å². The van der Waals surface area contributed by atoms with Gasteiger partial charge in [-0.2, -0.15) is 0 Å². The highest BCUT2D eigenvalue weighted by molar-refractivity contribution is 5.86. The number of imidazole rings is 1. The highest BCUT2D eigenvalue weighted by Crippen LogP contribution is 2.23. The van der Waals surface area contributed by atoms with Gasteiger partial charge in [-0.15, -0.1) is 0 Å². The van der Waals surface area contributed by atoms with E-state index >= 15 is 0 Å². The van der Waals surface area contributed by atoms with Crippen LogP contribution in [-0.4, -0.2) is 34.6 Å². The van der Waals surface area contributed by atoms with Gasteiger partial charge in [-0.1, -0.05) is 12.1 Å². The average Bonchev–Trinajstić information content (AvgIpc) is 2.90. The summed E-state index contributed by atoms with van der Waals surface area (Å²) in [6.45, 7) is 0. The second kappa shape index (κ2) is 4.94. The minimum absolute atomic E-state index is 0.0510. The summed E-state index contributed by atoms with van der Waals surface area (Å²) in [5.74, 6) is -1.02. The zero-order valence-electron chi connectivity index (χ0n) is 11.8. The number of pyridine rings is 1. The SMILES string of the molecule is CN(C)c1ccc(-c2ccc3nc(C(=O)O)cn3c2)cc1. The maximum absolute atomic E-state index is 10.9. The molecule has 0 saturated heterocycles. The lowest BCUT2D eigenvalue weighted by Gasteiger charge is -2.12. The van der Waals surface area contributed by atoms with Crippen molar-refractivity contribution in [2.24, 2.45) is 0 Å². The van der Waals surface area contributed by atoms with Gasteiger partial charge < -0.3 is 14.4 Å². The van der Waals surface area contributed by atoms with E-state index in [9.17, 15) is 4.79 Å². The molecule has 0 aliphatic carbocycles. The molecule has 2 heterocycles. The van der Waals surface area contributed by atoms with Crippen LogP contribution in [0.3, 0.4) is 0 Å². The first-order valence-corrected chi connectivity index (χ1v) is 6.54. The van der Waals surface area contributed by atoms with Crippen molar-refractivity contribution in [1.29, 1.82) is 0 Å². The minimum Gasteiger partial charge on any atom is -0.476 e. The molecule has 3 aromatic rings. The molecule has 5 heteroatoms. The van der Waals surface area contributed by atoms with E-state index in [-0.39, 0.29) is 5.69 Å². The molecule has 0 bridgehead atoms. The van der Waals surface area contributed by atoms with Crippen molar-refractivity contribution in [3.63, 3.8) is 0 Å². The molecule has 0 fully saturated rings. The molecule has 0 saturated carbocycles. The molecule has 21 heavy (non-hydrogen) atoms. The maximum Gasteiger partial charge on any atom is 0.356 e. The van der Waals surface area contributed by atoms with E-state index in [0.717, 1.165) is 16.8 Å². The number of benzene rings is 1. The van der Waals surface area contributed by atoms with Crippen molar-refractivity contribution in [3.8, 4) is 11.1 Å². The summed E-state index contributed by atoms with van der Waals surface area (Å²) >= 11 is 0. The summed E-state index contributed by atoms with van der Waals surface area (Å²) in [5.41, 5.74) is 3.90. The van der Waals surface area contributed by atoms with Gasteiger partial charge >= 0.3 is 5.97 Å². The summed E-state index contributed by atoms with van der Waals surface area (Å²) in [4.78, 5) is 17.0. The van der Waals surface area contributed by atoms with Crippen LogP contribution in [0.5, 0.6) is 0 Å². The van der Waals surface area contributed by atoms with Crippen molar-refractivity contribution in [3.05, 3.63) is 54.5 Å². The molecular weight excluding hydrogens is 266 g/mol. The Balaban J connectivity index is 2.02. The number of carboxylic acid groups (broad SMARTS) is 1. The minimum atomic E-state index is -1.02. The zero-order chi connectivity index (χ0) is 15.0. The predicted molar refractivity (Wildman–Crippen MR) is 81.9 cm³/mol. The Morgan fingerprint density at radius 2 is 1.71 bits per heavy atom. The van der Waals surface area contributed by atoms with Gasteiger partial charge in [0.1, 0.15) is 5.65 Å². The van der Waals surface area contributed by atoms with E-state index in [2.05, 4.69) is 17.1 Å². The summed E-state index contributed by atoms with van der Waals surface area (Å²) in [5, 5.41) is 8.97. The van der Waals surface area contributed by atoms with E-state index in [1.54, 1.807) is 4.40 Å². The summed E-state index contributed by atoms with van der Waals surface area (Å²) < 4.78 is 1.73. The number of aromatic nitrogens is 2. The Labute approximate surface area is 122 Å². The van der Waals surface area contributed by atoms with Crippen molar-refractivity contribution < 1.29 is 9.90 Å². The fraction of sp³-hybridized carbons (Fsp3) is 0.125. The Bertz CT molecular complexity index is 804. The monoisotopic (exact) mass is 281 g/mol. The number of hydrogen-bond donors (Lipinski definition) is 1. The number of carbonyl (C=O) groups is 1. The normalized spacial score (nSPS) is 10.8. The van der Waals surface area contributed by atoms with Gasteiger partial charge in [0.15, 0.2) is 5.69 Å². The van der Waals surface area contributed by atoms with Crippen LogP contribution in [0.1, 0.15) is 10.5 Å². The van der Waals surface area contributed by atoms with Gasteiger partial charge in [-0.3, -0.25) is 0 Å². The molecule has 5 nitrogen and oxygen atoms in total. The third-order valence-corrected chi connectivity index (χ3v) is 3.39. The Morgan fingerprint density at radius 1 is 1.05 bits per heavy atom. The summed E-state index contributed by atoms with van der Waals surface area (Å²) in [6.07, 6.45) is 3.41. The van der Waals surface area contributed by atoms with Crippen molar-refractivity contribution in [2.45, 2.75) is 0 Å². The van der Waals surface area contributed by atoms with E-state index in [1.165, 1.54) is 6.20 Å². The molecule has 1 N–H and O–H groups in total. The van der Waals surface area contributed by atoms with E-state index < -0.39 is 5.97 Å². The van der Waals surface area contributed by atoms with E-state index in [0.29, 0.717) is 5.65 Å². The lowest BCUT2D eigenvalue weighted by molar-refractivity contribution is 0.0691. The highest BCUT2D eigenvalue weighted by atomic mass is 16.4. The van der Waals surface area contributed by atoms with Gasteiger partial charge in [-0.05, 0) is 35.4 Å². The molecule has 0 amide bonds. The standard InChI is InChI=1S/C16H15N3O2/c1-18(2)13-6-3-11(4-7-13)12-5-8-15-17-14(16(20)21)10-19(15)9-12/h3-10H,1-2H3,(H,20,21). The van der Waals surface area contributed by atoms with Gasteiger partial charge in [-0.25, -0.2) is 9.78 Å². The van der Waals surface area contributed by atoms with Crippen LogP contribution in [0.2, 0.25) is 0 Å². The van der Waals surface area contributed by atoms with E-state index in [1.807, 2.05) is 49.5 Å². The number of anilines is 1. The van der Waals surface area contributed by atoms with Crippen molar-refractivity contribution in [2.75, 3.05) is 19.0 Å². The summed E-state index contributed by atoms with van der Waals surface area (Å²) in [7, 11) is 4.00.